The molecule has 0 heterocycles. The summed E-state index contributed by atoms with van der Waals surface area (Å²) < 4.78 is 40.0. The molecule has 0 aromatic heterocycles. The second kappa shape index (κ2) is 5.18. The second-order valence-electron chi connectivity index (χ2n) is 3.77. The summed E-state index contributed by atoms with van der Waals surface area (Å²) in [4.78, 5) is 0.0822. The van der Waals surface area contributed by atoms with Crippen LogP contribution in [0.4, 0.5) is 15.8 Å². The summed E-state index contributed by atoms with van der Waals surface area (Å²) >= 11 is 3.17. The lowest BCUT2D eigenvalue weighted by Crippen LogP contribution is -2.14. The Morgan fingerprint density at radius 3 is 2.47 bits per heavy atom. The summed E-state index contributed by atoms with van der Waals surface area (Å²) in [6, 6.07) is 9.84. The molecule has 2 aromatic rings. The van der Waals surface area contributed by atoms with E-state index in [1.807, 2.05) is 0 Å². The summed E-state index contributed by atoms with van der Waals surface area (Å²) in [5, 5.41) is 0. The van der Waals surface area contributed by atoms with Crippen LogP contribution in [0.15, 0.2) is 51.8 Å². The molecule has 0 unspecified atom stereocenters. The molecule has 0 aliphatic heterocycles. The summed E-state index contributed by atoms with van der Waals surface area (Å²) in [5.41, 5.74) is 5.73. The minimum absolute atomic E-state index is 0.0237. The average Bonchev–Trinajstić information content (AvgIpc) is 2.33. The highest BCUT2D eigenvalue weighted by molar-refractivity contribution is 9.10. The first-order chi connectivity index (χ1) is 8.90. The molecule has 0 bridgehead atoms. The third kappa shape index (κ3) is 3.05. The Kier molecular flexibility index (Phi) is 3.77. The predicted octanol–water partition coefficient (Wildman–Crippen LogP) is 2.97. The molecule has 2 aromatic carbocycles. The van der Waals surface area contributed by atoms with Gasteiger partial charge in [-0.1, -0.05) is 12.1 Å². The van der Waals surface area contributed by atoms with Crippen molar-refractivity contribution in [2.75, 3.05) is 10.5 Å². The van der Waals surface area contributed by atoms with Gasteiger partial charge < -0.3 is 5.73 Å². The van der Waals surface area contributed by atoms with Crippen LogP contribution in [0.1, 0.15) is 0 Å². The van der Waals surface area contributed by atoms with Gasteiger partial charge in [-0.05, 0) is 46.3 Å². The van der Waals surface area contributed by atoms with Gasteiger partial charge in [0, 0.05) is 4.47 Å². The highest BCUT2D eigenvalue weighted by Gasteiger charge is 2.18. The maximum atomic E-state index is 12.9. The molecular weight excluding hydrogens is 335 g/mol. The molecule has 100 valence electrons. The molecule has 0 atom stereocenters. The van der Waals surface area contributed by atoms with Gasteiger partial charge in [0.05, 0.1) is 11.4 Å². The Morgan fingerprint density at radius 1 is 1.16 bits per heavy atom. The maximum Gasteiger partial charge on any atom is 0.263 e. The standard InChI is InChI=1S/C12H10BrFN2O2S/c13-9-3-1-2-4-12(9)19(17,18)16-11-6-5-8(14)7-10(11)15/h1-7,16H,15H2. The SMILES string of the molecule is Nc1cc(F)ccc1NS(=O)(=O)c1ccccc1Br. The van der Waals surface area contributed by atoms with Gasteiger partial charge in [0.2, 0.25) is 0 Å². The number of anilines is 2. The van der Waals surface area contributed by atoms with Crippen molar-refractivity contribution >= 4 is 37.3 Å². The topological polar surface area (TPSA) is 72.2 Å². The maximum absolute atomic E-state index is 12.9. The van der Waals surface area contributed by atoms with E-state index in [9.17, 15) is 12.8 Å². The van der Waals surface area contributed by atoms with E-state index in [2.05, 4.69) is 20.7 Å². The first kappa shape index (κ1) is 13.8. The Labute approximate surface area is 118 Å². The van der Waals surface area contributed by atoms with Crippen LogP contribution in [0.3, 0.4) is 0 Å². The van der Waals surface area contributed by atoms with E-state index < -0.39 is 15.8 Å². The van der Waals surface area contributed by atoms with E-state index >= 15 is 0 Å². The number of nitrogen functional groups attached to an aromatic ring is 1. The van der Waals surface area contributed by atoms with E-state index in [1.54, 1.807) is 18.2 Å². The number of halogens is 2. The van der Waals surface area contributed by atoms with Crippen molar-refractivity contribution in [3.05, 3.63) is 52.8 Å². The van der Waals surface area contributed by atoms with Crippen molar-refractivity contribution < 1.29 is 12.8 Å². The summed E-state index contributed by atoms with van der Waals surface area (Å²) in [7, 11) is -3.78. The molecule has 0 fully saturated rings. The van der Waals surface area contributed by atoms with Crippen molar-refractivity contribution in [2.24, 2.45) is 0 Å². The minimum Gasteiger partial charge on any atom is -0.397 e. The van der Waals surface area contributed by atoms with Gasteiger partial charge in [-0.15, -0.1) is 0 Å². The van der Waals surface area contributed by atoms with Crippen molar-refractivity contribution in [1.29, 1.82) is 0 Å². The summed E-state index contributed by atoms with van der Waals surface area (Å²) in [5.74, 6) is -0.527. The fourth-order valence-electron chi connectivity index (χ4n) is 1.49. The molecule has 0 radical (unpaired) electrons. The highest BCUT2D eigenvalue weighted by Crippen LogP contribution is 2.26. The molecule has 0 aliphatic carbocycles. The van der Waals surface area contributed by atoms with Gasteiger partial charge >= 0.3 is 0 Å². The van der Waals surface area contributed by atoms with Crippen LogP contribution in [0, 0.1) is 5.82 Å². The van der Waals surface area contributed by atoms with Gasteiger partial charge in [0.1, 0.15) is 10.7 Å². The Balaban J connectivity index is 2.40. The quantitative estimate of drug-likeness (QED) is 0.840. The van der Waals surface area contributed by atoms with Gasteiger partial charge in [0.15, 0.2) is 0 Å². The van der Waals surface area contributed by atoms with Gasteiger partial charge in [-0.2, -0.15) is 0 Å². The smallest absolute Gasteiger partial charge is 0.263 e. The zero-order valence-electron chi connectivity index (χ0n) is 9.60. The number of hydrogen-bond acceptors (Lipinski definition) is 3. The molecule has 0 saturated carbocycles. The lowest BCUT2D eigenvalue weighted by Gasteiger charge is -2.11. The first-order valence-corrected chi connectivity index (χ1v) is 7.50. The fraction of sp³-hybridized carbons (Fsp3) is 0. The van der Waals surface area contributed by atoms with E-state index in [-0.39, 0.29) is 16.3 Å². The lowest BCUT2D eigenvalue weighted by molar-refractivity contribution is 0.600. The number of nitrogens with one attached hydrogen (secondary N) is 1. The molecule has 0 saturated heterocycles. The molecule has 0 aliphatic rings. The number of nitrogens with two attached hydrogens (primary N) is 1. The molecule has 19 heavy (non-hydrogen) atoms. The van der Waals surface area contributed by atoms with E-state index in [4.69, 9.17) is 5.73 Å². The molecule has 0 spiro atoms. The van der Waals surface area contributed by atoms with Gasteiger partial charge in [-0.25, -0.2) is 12.8 Å². The molecule has 0 amide bonds. The number of hydrogen-bond donors (Lipinski definition) is 2. The predicted molar refractivity (Wildman–Crippen MR) is 75.8 cm³/mol. The van der Waals surface area contributed by atoms with Gasteiger partial charge in [0.25, 0.3) is 10.0 Å². The van der Waals surface area contributed by atoms with Crippen LogP contribution < -0.4 is 10.5 Å². The molecule has 4 nitrogen and oxygen atoms in total. The monoisotopic (exact) mass is 344 g/mol. The van der Waals surface area contributed by atoms with Crippen LogP contribution in [0.25, 0.3) is 0 Å². The zero-order chi connectivity index (χ0) is 14.0. The Morgan fingerprint density at radius 2 is 1.84 bits per heavy atom. The first-order valence-electron chi connectivity index (χ1n) is 5.22. The summed E-state index contributed by atoms with van der Waals surface area (Å²) in [6.07, 6.45) is 0. The number of rotatable bonds is 3. The third-order valence-corrected chi connectivity index (χ3v) is 4.76. The second-order valence-corrected chi connectivity index (χ2v) is 6.27. The van der Waals surface area contributed by atoms with E-state index in [0.29, 0.717) is 4.47 Å². The fourth-order valence-corrected chi connectivity index (χ4v) is 3.58. The van der Waals surface area contributed by atoms with Crippen LogP contribution in [0.5, 0.6) is 0 Å². The third-order valence-electron chi connectivity index (χ3n) is 2.38. The van der Waals surface area contributed by atoms with Crippen molar-refractivity contribution in [3.8, 4) is 0 Å². The molecule has 2 rings (SSSR count). The summed E-state index contributed by atoms with van der Waals surface area (Å²) in [6.45, 7) is 0. The van der Waals surface area contributed by atoms with Crippen LogP contribution in [-0.4, -0.2) is 8.42 Å². The highest BCUT2D eigenvalue weighted by atomic mass is 79.9. The van der Waals surface area contributed by atoms with E-state index in [1.165, 1.54) is 12.1 Å². The molecule has 3 N–H and O–H groups in total. The molecule has 7 heteroatoms. The van der Waals surface area contributed by atoms with Crippen LogP contribution in [0.2, 0.25) is 0 Å². The average molecular weight is 345 g/mol. The van der Waals surface area contributed by atoms with Crippen LogP contribution >= 0.6 is 15.9 Å². The minimum atomic E-state index is -3.78. The number of sulfonamides is 1. The molecular formula is C12H10BrFN2O2S. The number of benzene rings is 2. The van der Waals surface area contributed by atoms with Crippen molar-refractivity contribution in [1.82, 2.24) is 0 Å². The largest absolute Gasteiger partial charge is 0.397 e. The van der Waals surface area contributed by atoms with Crippen molar-refractivity contribution in [2.45, 2.75) is 4.90 Å². The van der Waals surface area contributed by atoms with Crippen molar-refractivity contribution in [3.63, 3.8) is 0 Å². The van der Waals surface area contributed by atoms with Gasteiger partial charge in [-0.3, -0.25) is 4.72 Å². The Hall–Kier alpha value is -1.60. The Bertz CT molecular complexity index is 719. The zero-order valence-corrected chi connectivity index (χ0v) is 12.0. The van der Waals surface area contributed by atoms with Crippen LogP contribution in [-0.2, 0) is 10.0 Å². The lowest BCUT2D eigenvalue weighted by atomic mass is 10.3. The normalized spacial score (nSPS) is 11.3. The van der Waals surface area contributed by atoms with E-state index in [0.717, 1.165) is 12.1 Å².